The monoisotopic (exact) mass is 313 g/mol. The van der Waals surface area contributed by atoms with Crippen LogP contribution in [0.1, 0.15) is 32.6 Å². The maximum atomic E-state index is 5.44. The van der Waals surface area contributed by atoms with E-state index in [1.54, 1.807) is 6.33 Å². The lowest BCUT2D eigenvalue weighted by Gasteiger charge is -2.25. The molecule has 0 bridgehead atoms. The van der Waals surface area contributed by atoms with Crippen molar-refractivity contribution in [3.8, 4) is 5.88 Å². The number of hydrogen-bond donors (Lipinski definition) is 0. The molecule has 1 aromatic heterocycles. The highest BCUT2D eigenvalue weighted by atomic mass is 79.9. The number of hydrogen-bond acceptors (Lipinski definition) is 4. The molecule has 0 radical (unpaired) electrons. The van der Waals surface area contributed by atoms with Gasteiger partial charge in [0.1, 0.15) is 12.1 Å². The molecule has 1 atom stereocenters. The number of aromatic nitrogens is 2. The van der Waals surface area contributed by atoms with Gasteiger partial charge in [-0.1, -0.05) is 15.9 Å². The highest BCUT2D eigenvalue weighted by molar-refractivity contribution is 9.09. The summed E-state index contributed by atoms with van der Waals surface area (Å²) in [5.74, 6) is 1.68. The largest absolute Gasteiger partial charge is 0.478 e. The third kappa shape index (κ3) is 3.34. The van der Waals surface area contributed by atoms with E-state index in [2.05, 4.69) is 30.8 Å². The fourth-order valence-corrected chi connectivity index (χ4v) is 2.79. The molecule has 1 aliphatic rings. The Bertz CT molecular complexity index is 375. The molecule has 4 nitrogen and oxygen atoms in total. The molecule has 1 unspecified atom stereocenters. The predicted molar refractivity (Wildman–Crippen MR) is 76.6 cm³/mol. The SMILES string of the molecule is CCOc1cc(N2CCCC2CCCBr)ncn1. The average Bonchev–Trinajstić information content (AvgIpc) is 2.85. The summed E-state index contributed by atoms with van der Waals surface area (Å²) in [7, 11) is 0. The van der Waals surface area contributed by atoms with E-state index in [-0.39, 0.29) is 0 Å². The summed E-state index contributed by atoms with van der Waals surface area (Å²) in [6, 6.07) is 2.57. The van der Waals surface area contributed by atoms with Gasteiger partial charge in [-0.25, -0.2) is 9.97 Å². The predicted octanol–water partition coefficient (Wildman–Crippen LogP) is 3.02. The Balaban J connectivity index is 2.06. The van der Waals surface area contributed by atoms with Gasteiger partial charge in [-0.05, 0) is 32.6 Å². The lowest BCUT2D eigenvalue weighted by atomic mass is 10.1. The van der Waals surface area contributed by atoms with Crippen LogP contribution in [0.25, 0.3) is 0 Å². The van der Waals surface area contributed by atoms with Crippen LogP contribution in [-0.2, 0) is 0 Å². The van der Waals surface area contributed by atoms with Gasteiger partial charge in [0, 0.05) is 24.0 Å². The highest BCUT2D eigenvalue weighted by Crippen LogP contribution is 2.28. The van der Waals surface area contributed by atoms with Crippen molar-refractivity contribution < 1.29 is 4.74 Å². The Kier molecular flexibility index (Phi) is 5.23. The number of alkyl halides is 1. The third-order valence-electron chi connectivity index (χ3n) is 3.26. The molecule has 0 amide bonds. The van der Waals surface area contributed by atoms with E-state index in [9.17, 15) is 0 Å². The van der Waals surface area contributed by atoms with Crippen molar-refractivity contribution in [2.24, 2.45) is 0 Å². The Labute approximate surface area is 117 Å². The summed E-state index contributed by atoms with van der Waals surface area (Å²) in [5.41, 5.74) is 0. The Morgan fingerprint density at radius 2 is 2.39 bits per heavy atom. The first-order chi connectivity index (χ1) is 8.85. The van der Waals surface area contributed by atoms with E-state index in [0.29, 0.717) is 18.5 Å². The maximum absolute atomic E-state index is 5.44. The molecule has 2 heterocycles. The first kappa shape index (κ1) is 13.6. The van der Waals surface area contributed by atoms with Gasteiger partial charge in [-0.3, -0.25) is 0 Å². The molecule has 0 spiro atoms. The van der Waals surface area contributed by atoms with Gasteiger partial charge in [0.25, 0.3) is 0 Å². The second-order valence-corrected chi connectivity index (χ2v) is 5.26. The Morgan fingerprint density at radius 3 is 3.17 bits per heavy atom. The zero-order valence-electron chi connectivity index (χ0n) is 10.8. The van der Waals surface area contributed by atoms with Crippen LogP contribution >= 0.6 is 15.9 Å². The summed E-state index contributed by atoms with van der Waals surface area (Å²) < 4.78 is 5.44. The number of anilines is 1. The van der Waals surface area contributed by atoms with Crippen molar-refractivity contribution in [1.82, 2.24) is 9.97 Å². The fourth-order valence-electron chi connectivity index (χ4n) is 2.46. The van der Waals surface area contributed by atoms with Gasteiger partial charge in [0.05, 0.1) is 6.61 Å². The van der Waals surface area contributed by atoms with Crippen molar-refractivity contribution in [2.45, 2.75) is 38.6 Å². The summed E-state index contributed by atoms with van der Waals surface area (Å²) in [6.45, 7) is 3.70. The Hall–Kier alpha value is -0.840. The van der Waals surface area contributed by atoms with Gasteiger partial charge in [-0.2, -0.15) is 0 Å². The molecule has 1 aliphatic heterocycles. The molecule has 0 aliphatic carbocycles. The zero-order valence-corrected chi connectivity index (χ0v) is 12.4. The van der Waals surface area contributed by atoms with Gasteiger partial charge in [0.15, 0.2) is 0 Å². The fraction of sp³-hybridized carbons (Fsp3) is 0.692. The summed E-state index contributed by atoms with van der Waals surface area (Å²) in [6.07, 6.45) is 6.55. The number of ether oxygens (including phenoxy) is 1. The molecule has 0 saturated carbocycles. The maximum Gasteiger partial charge on any atom is 0.218 e. The van der Waals surface area contributed by atoms with E-state index in [0.717, 1.165) is 17.7 Å². The molecule has 1 saturated heterocycles. The molecule has 2 rings (SSSR count). The number of rotatable bonds is 6. The molecule has 1 aromatic rings. The van der Waals surface area contributed by atoms with Crippen LogP contribution in [0.15, 0.2) is 12.4 Å². The highest BCUT2D eigenvalue weighted by Gasteiger charge is 2.25. The van der Waals surface area contributed by atoms with Crippen LogP contribution in [0.2, 0.25) is 0 Å². The number of nitrogens with zero attached hydrogens (tertiary/aromatic N) is 3. The lowest BCUT2D eigenvalue weighted by molar-refractivity contribution is 0.326. The van der Waals surface area contributed by atoms with Crippen LogP contribution in [0, 0.1) is 0 Å². The van der Waals surface area contributed by atoms with Gasteiger partial charge in [-0.15, -0.1) is 0 Å². The molecule has 100 valence electrons. The molecule has 18 heavy (non-hydrogen) atoms. The minimum absolute atomic E-state index is 0.618. The minimum Gasteiger partial charge on any atom is -0.478 e. The van der Waals surface area contributed by atoms with Gasteiger partial charge in [0.2, 0.25) is 5.88 Å². The van der Waals surface area contributed by atoms with E-state index in [1.165, 1.54) is 25.7 Å². The van der Waals surface area contributed by atoms with Crippen LogP contribution < -0.4 is 9.64 Å². The molecule has 0 N–H and O–H groups in total. The zero-order chi connectivity index (χ0) is 12.8. The van der Waals surface area contributed by atoms with Gasteiger partial charge >= 0.3 is 0 Å². The normalized spacial score (nSPS) is 19.2. The van der Waals surface area contributed by atoms with Crippen molar-refractivity contribution in [1.29, 1.82) is 0 Å². The van der Waals surface area contributed by atoms with Crippen molar-refractivity contribution >= 4 is 21.7 Å². The standard InChI is InChI=1S/C13H20BrN3O/c1-2-18-13-9-12(15-10-16-13)17-8-4-6-11(17)5-3-7-14/h9-11H,2-8H2,1H3. The molecule has 0 aromatic carbocycles. The van der Waals surface area contributed by atoms with E-state index < -0.39 is 0 Å². The van der Waals surface area contributed by atoms with Crippen LogP contribution in [0.5, 0.6) is 5.88 Å². The van der Waals surface area contributed by atoms with E-state index in [1.807, 2.05) is 13.0 Å². The molecule has 1 fully saturated rings. The van der Waals surface area contributed by atoms with E-state index in [4.69, 9.17) is 4.74 Å². The van der Waals surface area contributed by atoms with Gasteiger partial charge < -0.3 is 9.64 Å². The smallest absolute Gasteiger partial charge is 0.218 e. The Morgan fingerprint density at radius 1 is 1.50 bits per heavy atom. The van der Waals surface area contributed by atoms with Crippen molar-refractivity contribution in [3.05, 3.63) is 12.4 Å². The molecule has 5 heteroatoms. The van der Waals surface area contributed by atoms with E-state index >= 15 is 0 Å². The minimum atomic E-state index is 0.618. The first-order valence-corrected chi connectivity index (χ1v) is 7.74. The summed E-state index contributed by atoms with van der Waals surface area (Å²) in [4.78, 5) is 10.9. The third-order valence-corrected chi connectivity index (χ3v) is 3.82. The van der Waals surface area contributed by atoms with Crippen molar-refractivity contribution in [2.75, 3.05) is 23.4 Å². The summed E-state index contributed by atoms with van der Waals surface area (Å²) >= 11 is 3.50. The molecular formula is C13H20BrN3O. The van der Waals surface area contributed by atoms with Crippen LogP contribution in [-0.4, -0.2) is 34.5 Å². The topological polar surface area (TPSA) is 38.2 Å². The average molecular weight is 314 g/mol. The van der Waals surface area contributed by atoms with Crippen molar-refractivity contribution in [3.63, 3.8) is 0 Å². The molecular weight excluding hydrogens is 294 g/mol. The quantitative estimate of drug-likeness (QED) is 0.757. The summed E-state index contributed by atoms with van der Waals surface area (Å²) in [5, 5.41) is 1.07. The first-order valence-electron chi connectivity index (χ1n) is 6.62. The lowest BCUT2D eigenvalue weighted by Crippen LogP contribution is -2.30. The number of halogens is 1. The second kappa shape index (κ2) is 6.92. The van der Waals surface area contributed by atoms with Crippen LogP contribution in [0.3, 0.4) is 0 Å². The van der Waals surface area contributed by atoms with Crippen LogP contribution in [0.4, 0.5) is 5.82 Å². The second-order valence-electron chi connectivity index (χ2n) is 4.47.